The summed E-state index contributed by atoms with van der Waals surface area (Å²) in [7, 11) is 1.63. The van der Waals surface area contributed by atoms with Crippen LogP contribution in [0.4, 0.5) is 5.69 Å². The van der Waals surface area contributed by atoms with Gasteiger partial charge in [0.1, 0.15) is 5.75 Å². The summed E-state index contributed by atoms with van der Waals surface area (Å²) in [4.78, 5) is 4.47. The highest BCUT2D eigenvalue weighted by Crippen LogP contribution is 2.36. The monoisotopic (exact) mass is 284 g/mol. The Bertz CT molecular complexity index is 787. The Morgan fingerprint density at radius 3 is 2.75 bits per heavy atom. The topological polar surface area (TPSA) is 48.1 Å². The molecule has 2 N–H and O–H groups in total. The number of rotatable bonds is 2. The summed E-state index contributed by atoms with van der Waals surface area (Å²) in [5, 5.41) is 2.51. The number of para-hydroxylation sites is 1. The molecule has 0 atom stereocenters. The number of nitrogens with zero attached hydrogens (tertiary/aromatic N) is 1. The van der Waals surface area contributed by atoms with E-state index in [0.29, 0.717) is 16.4 Å². The Hall–Kier alpha value is -2.26. The number of halogens is 1. The molecule has 3 aromatic rings. The number of methoxy groups -OCH3 is 1. The van der Waals surface area contributed by atoms with Gasteiger partial charge in [0.05, 0.1) is 18.5 Å². The molecular weight excluding hydrogens is 272 g/mol. The van der Waals surface area contributed by atoms with Crippen molar-refractivity contribution in [1.29, 1.82) is 0 Å². The summed E-state index contributed by atoms with van der Waals surface area (Å²) in [6.45, 7) is 0. The van der Waals surface area contributed by atoms with Crippen molar-refractivity contribution in [3.63, 3.8) is 0 Å². The highest BCUT2D eigenvalue weighted by atomic mass is 35.5. The molecule has 0 bridgehead atoms. The van der Waals surface area contributed by atoms with Crippen molar-refractivity contribution in [2.75, 3.05) is 12.8 Å². The first-order valence-electron chi connectivity index (χ1n) is 6.18. The average Bonchev–Trinajstić information content (AvgIpc) is 2.48. The first-order valence-corrected chi connectivity index (χ1v) is 6.55. The second-order valence-electron chi connectivity index (χ2n) is 4.45. The number of hydrogen-bond acceptors (Lipinski definition) is 3. The Kier molecular flexibility index (Phi) is 3.20. The molecule has 0 fully saturated rings. The normalized spacial score (nSPS) is 10.7. The first kappa shape index (κ1) is 12.8. The zero-order valence-corrected chi connectivity index (χ0v) is 11.7. The molecule has 0 saturated heterocycles. The number of ether oxygens (including phenoxy) is 1. The summed E-state index contributed by atoms with van der Waals surface area (Å²) in [5.74, 6) is 0.744. The van der Waals surface area contributed by atoms with E-state index >= 15 is 0 Å². The Balaban J connectivity index is 2.29. The van der Waals surface area contributed by atoms with Gasteiger partial charge in [0.2, 0.25) is 0 Å². The molecule has 2 aromatic carbocycles. The van der Waals surface area contributed by atoms with Crippen molar-refractivity contribution in [3.05, 3.63) is 53.7 Å². The number of hydrogen-bond donors (Lipinski definition) is 1. The van der Waals surface area contributed by atoms with Gasteiger partial charge in [-0.15, -0.1) is 0 Å². The number of anilines is 1. The molecular formula is C16H13ClN2O. The smallest absolute Gasteiger partial charge is 0.128 e. The Morgan fingerprint density at radius 2 is 1.95 bits per heavy atom. The highest BCUT2D eigenvalue weighted by Gasteiger charge is 2.12. The average molecular weight is 285 g/mol. The number of nitrogen functional groups attached to an aromatic ring is 1. The molecule has 4 heteroatoms. The van der Waals surface area contributed by atoms with E-state index in [1.807, 2.05) is 42.5 Å². The number of fused-ring (bicyclic) bond motifs is 1. The van der Waals surface area contributed by atoms with Crippen LogP contribution >= 0.6 is 11.6 Å². The molecule has 0 saturated carbocycles. The van der Waals surface area contributed by atoms with E-state index in [2.05, 4.69) is 4.98 Å². The van der Waals surface area contributed by atoms with Crippen molar-refractivity contribution in [2.45, 2.75) is 0 Å². The van der Waals surface area contributed by atoms with Gasteiger partial charge in [-0.25, -0.2) is 0 Å². The van der Waals surface area contributed by atoms with Crippen molar-refractivity contribution in [2.24, 2.45) is 0 Å². The molecule has 0 aliphatic rings. The third-order valence-corrected chi connectivity index (χ3v) is 3.49. The van der Waals surface area contributed by atoms with Crippen LogP contribution in [0.2, 0.25) is 5.02 Å². The van der Waals surface area contributed by atoms with Crippen molar-refractivity contribution in [3.8, 4) is 17.0 Å². The largest absolute Gasteiger partial charge is 0.496 e. The van der Waals surface area contributed by atoms with E-state index in [1.54, 1.807) is 13.3 Å². The van der Waals surface area contributed by atoms with Gasteiger partial charge in [0.15, 0.2) is 0 Å². The summed E-state index contributed by atoms with van der Waals surface area (Å²) < 4.78 is 5.37. The van der Waals surface area contributed by atoms with Gasteiger partial charge in [-0.3, -0.25) is 4.98 Å². The Morgan fingerprint density at radius 1 is 1.15 bits per heavy atom. The van der Waals surface area contributed by atoms with Crippen LogP contribution in [0.5, 0.6) is 5.75 Å². The van der Waals surface area contributed by atoms with Crippen LogP contribution < -0.4 is 10.5 Å². The van der Waals surface area contributed by atoms with Crippen LogP contribution in [0.1, 0.15) is 0 Å². The summed E-state index contributed by atoms with van der Waals surface area (Å²) in [5.41, 5.74) is 8.45. The minimum absolute atomic E-state index is 0.606. The molecule has 0 amide bonds. The van der Waals surface area contributed by atoms with Crippen molar-refractivity contribution >= 4 is 28.1 Å². The van der Waals surface area contributed by atoms with Gasteiger partial charge in [-0.05, 0) is 24.3 Å². The fraction of sp³-hybridized carbons (Fsp3) is 0.0625. The van der Waals surface area contributed by atoms with E-state index in [0.717, 1.165) is 22.1 Å². The zero-order valence-electron chi connectivity index (χ0n) is 10.9. The third-order valence-electron chi connectivity index (χ3n) is 3.26. The van der Waals surface area contributed by atoms with Crippen molar-refractivity contribution in [1.82, 2.24) is 4.98 Å². The summed E-state index contributed by atoms with van der Waals surface area (Å²) >= 11 is 6.05. The van der Waals surface area contributed by atoms with Gasteiger partial charge >= 0.3 is 0 Å². The van der Waals surface area contributed by atoms with E-state index in [4.69, 9.17) is 22.1 Å². The molecule has 0 unspecified atom stereocenters. The highest BCUT2D eigenvalue weighted by molar-refractivity contribution is 6.31. The standard InChI is InChI=1S/C16H13ClN2O/c1-20-14-5-3-2-4-12(14)16-15(18)13-8-11(17)7-6-10(13)9-19-16/h2-9H,18H2,1H3. The lowest BCUT2D eigenvalue weighted by Crippen LogP contribution is -1.97. The predicted octanol–water partition coefficient (Wildman–Crippen LogP) is 4.15. The lowest BCUT2D eigenvalue weighted by atomic mass is 10.0. The maximum absolute atomic E-state index is 6.27. The fourth-order valence-corrected chi connectivity index (χ4v) is 2.43. The molecule has 1 aromatic heterocycles. The number of pyridine rings is 1. The lowest BCUT2D eigenvalue weighted by molar-refractivity contribution is 0.416. The van der Waals surface area contributed by atoms with Crippen LogP contribution in [-0.4, -0.2) is 12.1 Å². The molecule has 100 valence electrons. The van der Waals surface area contributed by atoms with Gasteiger partial charge < -0.3 is 10.5 Å². The van der Waals surface area contributed by atoms with Crippen molar-refractivity contribution < 1.29 is 4.74 Å². The summed E-state index contributed by atoms with van der Waals surface area (Å²) in [6, 6.07) is 13.3. The van der Waals surface area contributed by atoms with E-state index in [9.17, 15) is 0 Å². The molecule has 0 radical (unpaired) electrons. The van der Waals surface area contributed by atoms with Gasteiger partial charge in [-0.2, -0.15) is 0 Å². The van der Waals surface area contributed by atoms with Gasteiger partial charge in [0.25, 0.3) is 0 Å². The fourth-order valence-electron chi connectivity index (χ4n) is 2.26. The third kappa shape index (κ3) is 2.06. The van der Waals surface area contributed by atoms with Crippen LogP contribution in [0, 0.1) is 0 Å². The van der Waals surface area contributed by atoms with E-state index in [1.165, 1.54) is 0 Å². The van der Waals surface area contributed by atoms with Crippen LogP contribution in [-0.2, 0) is 0 Å². The van der Waals surface area contributed by atoms with Crippen LogP contribution in [0.25, 0.3) is 22.0 Å². The molecule has 3 rings (SSSR count). The van der Waals surface area contributed by atoms with Gasteiger partial charge in [-0.1, -0.05) is 29.8 Å². The predicted molar refractivity (Wildman–Crippen MR) is 83.2 cm³/mol. The number of nitrogens with two attached hydrogens (primary N) is 1. The molecule has 20 heavy (non-hydrogen) atoms. The minimum Gasteiger partial charge on any atom is -0.496 e. The second-order valence-corrected chi connectivity index (χ2v) is 4.89. The molecule has 0 aliphatic heterocycles. The first-order chi connectivity index (χ1) is 9.70. The van der Waals surface area contributed by atoms with Gasteiger partial charge in [0, 0.05) is 27.6 Å². The van der Waals surface area contributed by atoms with E-state index in [-0.39, 0.29) is 0 Å². The maximum Gasteiger partial charge on any atom is 0.128 e. The number of benzene rings is 2. The van der Waals surface area contributed by atoms with Crippen LogP contribution in [0.3, 0.4) is 0 Å². The lowest BCUT2D eigenvalue weighted by Gasteiger charge is -2.11. The molecule has 1 heterocycles. The van der Waals surface area contributed by atoms with Crippen LogP contribution in [0.15, 0.2) is 48.7 Å². The molecule has 3 nitrogen and oxygen atoms in total. The number of aromatic nitrogens is 1. The Labute approximate surface area is 122 Å². The second kappa shape index (κ2) is 5.02. The molecule has 0 spiro atoms. The zero-order chi connectivity index (χ0) is 14.1. The summed E-state index contributed by atoms with van der Waals surface area (Å²) in [6.07, 6.45) is 1.80. The quantitative estimate of drug-likeness (QED) is 0.769. The molecule has 0 aliphatic carbocycles. The maximum atomic E-state index is 6.27. The minimum atomic E-state index is 0.606. The SMILES string of the molecule is COc1ccccc1-c1ncc2ccc(Cl)cc2c1N. The van der Waals surface area contributed by atoms with E-state index < -0.39 is 0 Å².